The van der Waals surface area contributed by atoms with E-state index in [1.165, 1.54) is 0 Å². The largest absolute Gasteiger partial charge is 0.496 e. The van der Waals surface area contributed by atoms with E-state index in [2.05, 4.69) is 32.9 Å². The Labute approximate surface area is 165 Å². The summed E-state index contributed by atoms with van der Waals surface area (Å²) in [6.07, 6.45) is 5.71. The van der Waals surface area contributed by atoms with Crippen LogP contribution in [0.3, 0.4) is 0 Å². The van der Waals surface area contributed by atoms with E-state index < -0.39 is 0 Å². The Morgan fingerprint density at radius 2 is 2.12 bits per heavy atom. The maximum Gasteiger partial charge on any atom is 0.323 e. The number of methoxy groups -OCH3 is 1. The van der Waals surface area contributed by atoms with Crippen molar-refractivity contribution in [3.8, 4) is 5.75 Å². The number of carbonyl (C=O) groups excluding carboxylic acids is 1. The van der Waals surface area contributed by atoms with Gasteiger partial charge in [0, 0.05) is 21.9 Å². The SMILES string of the molecule is COc1ccccc1C1CCCN1C(=O)Nc1cn2cc(I)ccc2n1. The molecule has 0 radical (unpaired) electrons. The first-order valence-electron chi connectivity index (χ1n) is 8.50. The number of benzene rings is 1. The predicted molar refractivity (Wildman–Crippen MR) is 109 cm³/mol. The normalized spacial score (nSPS) is 16.8. The first-order chi connectivity index (χ1) is 12.7. The minimum absolute atomic E-state index is 0.0177. The summed E-state index contributed by atoms with van der Waals surface area (Å²) in [4.78, 5) is 19.2. The number of hydrogen-bond acceptors (Lipinski definition) is 3. The summed E-state index contributed by atoms with van der Waals surface area (Å²) in [5.41, 5.74) is 1.86. The number of para-hydroxylation sites is 1. The molecule has 6 nitrogen and oxygen atoms in total. The third kappa shape index (κ3) is 3.23. The molecule has 3 aromatic rings. The van der Waals surface area contributed by atoms with E-state index in [0.29, 0.717) is 5.82 Å². The zero-order chi connectivity index (χ0) is 18.1. The number of anilines is 1. The number of nitrogens with one attached hydrogen (secondary N) is 1. The second-order valence-electron chi connectivity index (χ2n) is 6.26. The number of rotatable bonds is 3. The molecule has 0 spiro atoms. The van der Waals surface area contributed by atoms with E-state index in [1.54, 1.807) is 7.11 Å². The number of likely N-dealkylation sites (tertiary alicyclic amines) is 1. The zero-order valence-electron chi connectivity index (χ0n) is 14.4. The van der Waals surface area contributed by atoms with Gasteiger partial charge in [-0.05, 0) is 53.6 Å². The molecule has 1 fully saturated rings. The molecular weight excluding hydrogens is 443 g/mol. The van der Waals surface area contributed by atoms with Gasteiger partial charge in [0.25, 0.3) is 0 Å². The number of pyridine rings is 1. The lowest BCUT2D eigenvalue weighted by atomic mass is 10.0. The molecule has 1 N–H and O–H groups in total. The lowest BCUT2D eigenvalue weighted by Crippen LogP contribution is -2.34. The maximum absolute atomic E-state index is 12.9. The molecule has 26 heavy (non-hydrogen) atoms. The molecule has 2 aromatic heterocycles. The van der Waals surface area contributed by atoms with Gasteiger partial charge in [-0.15, -0.1) is 0 Å². The van der Waals surface area contributed by atoms with Gasteiger partial charge in [-0.3, -0.25) is 5.32 Å². The van der Waals surface area contributed by atoms with Crippen molar-refractivity contribution in [2.45, 2.75) is 18.9 Å². The van der Waals surface area contributed by atoms with Crippen LogP contribution in [-0.4, -0.2) is 34.0 Å². The first kappa shape index (κ1) is 17.1. The number of urea groups is 1. The molecule has 1 saturated heterocycles. The Kier molecular flexibility index (Phi) is 4.71. The van der Waals surface area contributed by atoms with E-state index in [0.717, 1.165) is 39.9 Å². The first-order valence-corrected chi connectivity index (χ1v) is 9.58. The summed E-state index contributed by atoms with van der Waals surface area (Å²) >= 11 is 2.25. The van der Waals surface area contributed by atoms with Crippen LogP contribution in [0, 0.1) is 3.57 Å². The number of imidazole rings is 1. The second kappa shape index (κ2) is 7.14. The van der Waals surface area contributed by atoms with Gasteiger partial charge in [-0.1, -0.05) is 18.2 Å². The highest BCUT2D eigenvalue weighted by Gasteiger charge is 2.32. The minimum atomic E-state index is -0.128. The summed E-state index contributed by atoms with van der Waals surface area (Å²) in [7, 11) is 1.66. The van der Waals surface area contributed by atoms with Gasteiger partial charge >= 0.3 is 6.03 Å². The van der Waals surface area contributed by atoms with Crippen molar-refractivity contribution < 1.29 is 9.53 Å². The molecule has 1 unspecified atom stereocenters. The Balaban J connectivity index is 1.56. The third-order valence-electron chi connectivity index (χ3n) is 4.66. The van der Waals surface area contributed by atoms with Crippen molar-refractivity contribution in [2.24, 2.45) is 0 Å². The average Bonchev–Trinajstić information content (AvgIpc) is 3.27. The highest BCUT2D eigenvalue weighted by molar-refractivity contribution is 14.1. The number of ether oxygens (including phenoxy) is 1. The molecule has 1 aliphatic rings. The van der Waals surface area contributed by atoms with Gasteiger partial charge in [0.15, 0.2) is 5.82 Å². The van der Waals surface area contributed by atoms with Crippen molar-refractivity contribution in [1.29, 1.82) is 0 Å². The summed E-state index contributed by atoms with van der Waals surface area (Å²) in [6, 6.07) is 11.7. The summed E-state index contributed by atoms with van der Waals surface area (Å²) in [6.45, 7) is 0.722. The molecule has 3 heterocycles. The van der Waals surface area contributed by atoms with Crippen molar-refractivity contribution in [3.63, 3.8) is 0 Å². The standard InChI is InChI=1S/C19H19IN4O2/c1-26-16-7-3-2-5-14(16)15-6-4-10-24(15)19(25)22-17-12-23-11-13(20)8-9-18(23)21-17/h2-3,5,7-9,11-12,15H,4,6,10H2,1H3,(H,22,25). The number of aromatic nitrogens is 2. The minimum Gasteiger partial charge on any atom is -0.496 e. The van der Waals surface area contributed by atoms with Crippen LogP contribution in [0.4, 0.5) is 10.6 Å². The highest BCUT2D eigenvalue weighted by Crippen LogP contribution is 2.37. The van der Waals surface area contributed by atoms with Crippen LogP contribution in [0.5, 0.6) is 5.75 Å². The molecule has 1 atom stereocenters. The predicted octanol–water partition coefficient (Wildman–Crippen LogP) is 4.32. The number of hydrogen-bond donors (Lipinski definition) is 1. The number of amides is 2. The smallest absolute Gasteiger partial charge is 0.323 e. The number of fused-ring (bicyclic) bond motifs is 1. The van der Waals surface area contributed by atoms with E-state index in [9.17, 15) is 4.79 Å². The molecule has 1 aliphatic heterocycles. The van der Waals surface area contributed by atoms with Gasteiger partial charge in [0.05, 0.1) is 19.3 Å². The van der Waals surface area contributed by atoms with E-state index in [4.69, 9.17) is 4.74 Å². The van der Waals surface area contributed by atoms with Crippen LogP contribution >= 0.6 is 22.6 Å². The van der Waals surface area contributed by atoms with E-state index in [-0.39, 0.29) is 12.1 Å². The van der Waals surface area contributed by atoms with E-state index >= 15 is 0 Å². The number of carbonyl (C=O) groups is 1. The monoisotopic (exact) mass is 462 g/mol. The number of halogens is 1. The summed E-state index contributed by atoms with van der Waals surface area (Å²) < 4.78 is 8.51. The summed E-state index contributed by atoms with van der Waals surface area (Å²) in [5, 5.41) is 2.94. The van der Waals surface area contributed by atoms with Crippen LogP contribution in [-0.2, 0) is 0 Å². The van der Waals surface area contributed by atoms with Gasteiger partial charge < -0.3 is 14.0 Å². The highest BCUT2D eigenvalue weighted by atomic mass is 127. The number of nitrogens with zero attached hydrogens (tertiary/aromatic N) is 3. The Bertz CT molecular complexity index is 956. The lowest BCUT2D eigenvalue weighted by Gasteiger charge is -2.26. The van der Waals surface area contributed by atoms with Crippen molar-refractivity contribution in [1.82, 2.24) is 14.3 Å². The van der Waals surface area contributed by atoms with Crippen molar-refractivity contribution in [2.75, 3.05) is 19.0 Å². The van der Waals surface area contributed by atoms with Gasteiger partial charge in [-0.25, -0.2) is 9.78 Å². The van der Waals surface area contributed by atoms with Gasteiger partial charge in [0.1, 0.15) is 11.4 Å². The van der Waals surface area contributed by atoms with Gasteiger partial charge in [0.2, 0.25) is 0 Å². The zero-order valence-corrected chi connectivity index (χ0v) is 16.5. The Morgan fingerprint density at radius 1 is 1.27 bits per heavy atom. The molecule has 7 heteroatoms. The Hall–Kier alpha value is -2.29. The fraction of sp³-hybridized carbons (Fsp3) is 0.263. The van der Waals surface area contributed by atoms with Crippen LogP contribution in [0.25, 0.3) is 5.65 Å². The average molecular weight is 462 g/mol. The molecule has 1 aromatic carbocycles. The quantitative estimate of drug-likeness (QED) is 0.591. The molecular formula is C19H19IN4O2. The van der Waals surface area contributed by atoms with Crippen LogP contribution in [0.1, 0.15) is 24.4 Å². The Morgan fingerprint density at radius 3 is 2.96 bits per heavy atom. The van der Waals surface area contributed by atoms with Crippen molar-refractivity contribution >= 4 is 40.1 Å². The fourth-order valence-electron chi connectivity index (χ4n) is 3.48. The molecule has 0 saturated carbocycles. The summed E-state index contributed by atoms with van der Waals surface area (Å²) in [5.74, 6) is 1.38. The van der Waals surface area contributed by atoms with E-state index in [1.807, 2.05) is 58.1 Å². The lowest BCUT2D eigenvalue weighted by molar-refractivity contribution is 0.206. The van der Waals surface area contributed by atoms with Crippen LogP contribution < -0.4 is 10.1 Å². The van der Waals surface area contributed by atoms with Gasteiger partial charge in [-0.2, -0.15) is 0 Å². The molecule has 134 valence electrons. The van der Waals surface area contributed by atoms with Crippen LogP contribution in [0.15, 0.2) is 48.8 Å². The molecule has 0 bridgehead atoms. The molecule has 0 aliphatic carbocycles. The van der Waals surface area contributed by atoms with Crippen LogP contribution in [0.2, 0.25) is 0 Å². The molecule has 4 rings (SSSR count). The van der Waals surface area contributed by atoms with Crippen molar-refractivity contribution in [3.05, 3.63) is 57.9 Å². The topological polar surface area (TPSA) is 58.9 Å². The second-order valence-corrected chi connectivity index (χ2v) is 7.51. The third-order valence-corrected chi connectivity index (χ3v) is 5.30. The molecule has 2 amide bonds. The maximum atomic E-state index is 12.9. The fourth-order valence-corrected chi connectivity index (χ4v) is 3.96.